The molecule has 122 valence electrons. The van der Waals surface area contributed by atoms with Crippen LogP contribution in [0.1, 0.15) is 30.9 Å². The zero-order valence-corrected chi connectivity index (χ0v) is 14.0. The van der Waals surface area contributed by atoms with Crippen LogP contribution < -0.4 is 0 Å². The molecule has 2 aromatic carbocycles. The van der Waals surface area contributed by atoms with Gasteiger partial charge in [-0.1, -0.05) is 48.5 Å². The van der Waals surface area contributed by atoms with Crippen LogP contribution in [0.3, 0.4) is 0 Å². The minimum atomic E-state index is -0.329. The van der Waals surface area contributed by atoms with Crippen LogP contribution in [-0.4, -0.2) is 22.3 Å². The van der Waals surface area contributed by atoms with Crippen molar-refractivity contribution in [1.82, 2.24) is 9.88 Å². The van der Waals surface area contributed by atoms with Crippen LogP contribution >= 0.6 is 0 Å². The molecule has 1 N–H and O–H groups in total. The normalized spacial score (nSPS) is 15.4. The van der Waals surface area contributed by atoms with Gasteiger partial charge in [-0.2, -0.15) is 0 Å². The monoisotopic (exact) mass is 318 g/mol. The summed E-state index contributed by atoms with van der Waals surface area (Å²) in [6, 6.07) is 18.5. The molecule has 3 aromatic rings. The standard InChI is InChI=1S/C21H22N2O/c1-2-23(15-16-8-4-3-5-9-16)20(24)21(12-13-21)18-14-22-19-11-7-6-10-17(18)19/h3-11,14,22H,2,12-13,15H2,1H3. The summed E-state index contributed by atoms with van der Waals surface area (Å²) in [5.41, 5.74) is 3.12. The summed E-state index contributed by atoms with van der Waals surface area (Å²) >= 11 is 0. The Hall–Kier alpha value is -2.55. The molecule has 1 fully saturated rings. The zero-order chi connectivity index (χ0) is 16.6. The first-order valence-electron chi connectivity index (χ1n) is 8.64. The van der Waals surface area contributed by atoms with Crippen LogP contribution in [0.4, 0.5) is 0 Å². The van der Waals surface area contributed by atoms with Gasteiger partial charge in [0.15, 0.2) is 0 Å². The van der Waals surface area contributed by atoms with E-state index in [1.165, 1.54) is 10.9 Å². The lowest BCUT2D eigenvalue weighted by atomic mass is 9.93. The van der Waals surface area contributed by atoms with Crippen LogP contribution in [0, 0.1) is 0 Å². The summed E-state index contributed by atoms with van der Waals surface area (Å²) in [5.74, 6) is 0.263. The second-order valence-corrected chi connectivity index (χ2v) is 6.63. The molecule has 0 bridgehead atoms. The Balaban J connectivity index is 1.65. The summed E-state index contributed by atoms with van der Waals surface area (Å²) in [4.78, 5) is 18.6. The van der Waals surface area contributed by atoms with Crippen molar-refractivity contribution in [2.45, 2.75) is 31.7 Å². The number of hydrogen-bond acceptors (Lipinski definition) is 1. The number of hydrogen-bond donors (Lipinski definition) is 1. The number of amides is 1. The van der Waals surface area contributed by atoms with Crippen molar-refractivity contribution in [3.05, 3.63) is 71.9 Å². The Kier molecular flexibility index (Phi) is 3.64. The van der Waals surface area contributed by atoms with E-state index < -0.39 is 0 Å². The summed E-state index contributed by atoms with van der Waals surface area (Å²) in [6.45, 7) is 3.48. The van der Waals surface area contributed by atoms with Crippen molar-refractivity contribution in [1.29, 1.82) is 0 Å². The quantitative estimate of drug-likeness (QED) is 0.750. The number of nitrogens with one attached hydrogen (secondary N) is 1. The van der Waals surface area contributed by atoms with Gasteiger partial charge in [0.1, 0.15) is 0 Å². The highest BCUT2D eigenvalue weighted by molar-refractivity contribution is 5.97. The van der Waals surface area contributed by atoms with Gasteiger partial charge in [0, 0.05) is 30.2 Å². The van der Waals surface area contributed by atoms with Crippen LogP contribution in [0.5, 0.6) is 0 Å². The maximum Gasteiger partial charge on any atom is 0.233 e. The molecule has 24 heavy (non-hydrogen) atoms. The number of rotatable bonds is 5. The van der Waals surface area contributed by atoms with Gasteiger partial charge in [-0.15, -0.1) is 0 Å². The summed E-state index contributed by atoms with van der Waals surface area (Å²) in [5, 5.41) is 1.18. The van der Waals surface area contributed by atoms with Gasteiger partial charge in [-0.25, -0.2) is 0 Å². The molecule has 1 saturated carbocycles. The van der Waals surface area contributed by atoms with E-state index in [0.29, 0.717) is 6.54 Å². The number of nitrogens with zero attached hydrogens (tertiary/aromatic N) is 1. The second kappa shape index (κ2) is 5.82. The molecular formula is C21H22N2O. The molecule has 1 amide bonds. The fourth-order valence-corrected chi connectivity index (χ4v) is 3.62. The van der Waals surface area contributed by atoms with Crippen molar-refractivity contribution in [3.63, 3.8) is 0 Å². The second-order valence-electron chi connectivity index (χ2n) is 6.63. The Morgan fingerprint density at radius 3 is 2.50 bits per heavy atom. The molecule has 4 rings (SSSR count). The van der Waals surface area contributed by atoms with E-state index in [1.54, 1.807) is 0 Å². The van der Waals surface area contributed by atoms with Crippen LogP contribution in [0.15, 0.2) is 60.8 Å². The van der Waals surface area contributed by atoms with Crippen molar-refractivity contribution in [2.75, 3.05) is 6.54 Å². The molecule has 0 spiro atoms. The van der Waals surface area contributed by atoms with E-state index in [2.05, 4.69) is 36.2 Å². The van der Waals surface area contributed by atoms with Crippen molar-refractivity contribution >= 4 is 16.8 Å². The molecule has 1 heterocycles. The molecule has 3 nitrogen and oxygen atoms in total. The maximum atomic E-state index is 13.3. The van der Waals surface area contributed by atoms with Gasteiger partial charge in [0.25, 0.3) is 0 Å². The summed E-state index contributed by atoms with van der Waals surface area (Å²) < 4.78 is 0. The van der Waals surface area contributed by atoms with Gasteiger partial charge in [0.2, 0.25) is 5.91 Å². The Bertz CT molecular complexity index is 862. The minimum Gasteiger partial charge on any atom is -0.361 e. The summed E-state index contributed by atoms with van der Waals surface area (Å²) in [7, 11) is 0. The topological polar surface area (TPSA) is 36.1 Å². The number of aromatic amines is 1. The third-order valence-corrected chi connectivity index (χ3v) is 5.15. The number of fused-ring (bicyclic) bond motifs is 1. The molecule has 1 aliphatic rings. The van der Waals surface area contributed by atoms with E-state index in [1.807, 2.05) is 41.4 Å². The molecule has 1 aliphatic carbocycles. The summed E-state index contributed by atoms with van der Waals surface area (Å²) in [6.07, 6.45) is 3.92. The number of benzene rings is 2. The number of carbonyl (C=O) groups excluding carboxylic acids is 1. The molecule has 3 heteroatoms. The molecule has 1 aromatic heterocycles. The predicted octanol–water partition coefficient (Wildman–Crippen LogP) is 4.25. The average Bonchev–Trinajstić information content (AvgIpc) is 3.32. The van der Waals surface area contributed by atoms with Crippen LogP contribution in [0.2, 0.25) is 0 Å². The fourth-order valence-electron chi connectivity index (χ4n) is 3.62. The first kappa shape index (κ1) is 15.0. The predicted molar refractivity (Wildman–Crippen MR) is 96.7 cm³/mol. The maximum absolute atomic E-state index is 13.3. The lowest BCUT2D eigenvalue weighted by Gasteiger charge is -2.26. The average molecular weight is 318 g/mol. The van der Waals surface area contributed by atoms with Gasteiger partial charge in [0.05, 0.1) is 5.41 Å². The van der Waals surface area contributed by atoms with E-state index in [4.69, 9.17) is 0 Å². The van der Waals surface area contributed by atoms with E-state index in [0.717, 1.165) is 30.5 Å². The van der Waals surface area contributed by atoms with Crippen molar-refractivity contribution in [2.24, 2.45) is 0 Å². The molecule has 0 unspecified atom stereocenters. The molecule has 0 radical (unpaired) electrons. The van der Waals surface area contributed by atoms with Gasteiger partial charge in [-0.3, -0.25) is 4.79 Å². The number of H-pyrrole nitrogens is 1. The molecule has 0 saturated heterocycles. The van der Waals surface area contributed by atoms with E-state index in [9.17, 15) is 4.79 Å². The minimum absolute atomic E-state index is 0.263. The zero-order valence-electron chi connectivity index (χ0n) is 14.0. The third-order valence-electron chi connectivity index (χ3n) is 5.15. The highest BCUT2D eigenvalue weighted by Gasteiger charge is 2.53. The SMILES string of the molecule is CCN(Cc1ccccc1)C(=O)C1(c2c[nH]c3ccccc23)CC1. The van der Waals surface area contributed by atoms with Gasteiger partial charge >= 0.3 is 0 Å². The van der Waals surface area contributed by atoms with Crippen molar-refractivity contribution in [3.8, 4) is 0 Å². The van der Waals surface area contributed by atoms with Crippen molar-refractivity contribution < 1.29 is 4.79 Å². The highest BCUT2D eigenvalue weighted by Crippen LogP contribution is 2.51. The van der Waals surface area contributed by atoms with E-state index >= 15 is 0 Å². The Labute approximate surface area is 142 Å². The smallest absolute Gasteiger partial charge is 0.233 e. The fraction of sp³-hybridized carbons (Fsp3) is 0.286. The molecule has 0 atom stereocenters. The lowest BCUT2D eigenvalue weighted by molar-refractivity contribution is -0.134. The number of aromatic nitrogens is 1. The third kappa shape index (κ3) is 2.41. The Morgan fingerprint density at radius 1 is 1.08 bits per heavy atom. The first-order valence-corrected chi connectivity index (χ1v) is 8.64. The van der Waals surface area contributed by atoms with E-state index in [-0.39, 0.29) is 11.3 Å². The van der Waals surface area contributed by atoms with Gasteiger partial charge in [-0.05, 0) is 37.0 Å². The Morgan fingerprint density at radius 2 is 1.79 bits per heavy atom. The number of carbonyl (C=O) groups is 1. The largest absolute Gasteiger partial charge is 0.361 e. The van der Waals surface area contributed by atoms with Crippen LogP contribution in [-0.2, 0) is 16.8 Å². The number of likely N-dealkylation sites (N-methyl/N-ethyl adjacent to an activating group) is 1. The molecule has 0 aliphatic heterocycles. The van der Waals surface area contributed by atoms with Gasteiger partial charge < -0.3 is 9.88 Å². The number of para-hydroxylation sites is 1. The highest BCUT2D eigenvalue weighted by atomic mass is 16.2. The lowest BCUT2D eigenvalue weighted by Crippen LogP contribution is -2.38. The van der Waals surface area contributed by atoms with Crippen LogP contribution in [0.25, 0.3) is 10.9 Å². The molecular weight excluding hydrogens is 296 g/mol. The first-order chi connectivity index (χ1) is 11.7.